The van der Waals surface area contributed by atoms with Gasteiger partial charge in [-0.3, -0.25) is 0 Å². The molecule has 1 fully saturated rings. The second-order valence-electron chi connectivity index (χ2n) is 3.59. The molecule has 1 saturated heterocycles. The van der Waals surface area contributed by atoms with Crippen LogP contribution in [0.25, 0.3) is 0 Å². The molecule has 1 heterocycles. The van der Waals surface area contributed by atoms with Crippen LogP contribution in [0, 0.1) is 0 Å². The van der Waals surface area contributed by atoms with Crippen molar-refractivity contribution in [3.63, 3.8) is 0 Å². The molecule has 0 saturated carbocycles. The summed E-state index contributed by atoms with van der Waals surface area (Å²) in [4.78, 5) is 0. The third kappa shape index (κ3) is 2.47. The zero-order valence-electron chi connectivity index (χ0n) is 7.62. The maximum absolute atomic E-state index is 2.42. The number of halogens is 1. The van der Waals surface area contributed by atoms with E-state index in [1.54, 1.807) is 0 Å². The van der Waals surface area contributed by atoms with E-state index in [1.165, 1.54) is 31.2 Å². The lowest BCUT2D eigenvalue weighted by Crippen LogP contribution is -2.39. The van der Waals surface area contributed by atoms with E-state index in [9.17, 15) is 0 Å². The third-order valence-corrected chi connectivity index (χ3v) is 3.68. The number of benzene rings is 1. The van der Waals surface area contributed by atoms with E-state index in [4.69, 9.17) is 0 Å². The summed E-state index contributed by atoms with van der Waals surface area (Å²) in [6, 6.07) is 10.9. The van der Waals surface area contributed by atoms with Gasteiger partial charge in [0, 0.05) is 36.0 Å². The second kappa shape index (κ2) is 4.46. The van der Waals surface area contributed by atoms with Crippen molar-refractivity contribution in [2.24, 2.45) is 0 Å². The standard InChI is InChI=1S/C10H13BIN/c12-13-8-6-11(7-9-13)10-4-2-1-3-5-10/h1-5H,6-9H2. The average molecular weight is 285 g/mol. The molecule has 0 bridgehead atoms. The molecule has 13 heavy (non-hydrogen) atoms. The zero-order valence-corrected chi connectivity index (χ0v) is 9.78. The van der Waals surface area contributed by atoms with Crippen LogP contribution in [0.4, 0.5) is 0 Å². The van der Waals surface area contributed by atoms with Gasteiger partial charge in [-0.2, -0.15) is 0 Å². The van der Waals surface area contributed by atoms with Gasteiger partial charge in [-0.15, -0.1) is 0 Å². The van der Waals surface area contributed by atoms with Crippen LogP contribution in [0.15, 0.2) is 30.3 Å². The molecule has 0 spiro atoms. The third-order valence-electron chi connectivity index (χ3n) is 2.71. The van der Waals surface area contributed by atoms with E-state index in [-0.39, 0.29) is 0 Å². The minimum atomic E-state index is 0.798. The fourth-order valence-electron chi connectivity index (χ4n) is 1.91. The topological polar surface area (TPSA) is 3.24 Å². The molecule has 1 aromatic carbocycles. The molecule has 1 aliphatic heterocycles. The van der Waals surface area contributed by atoms with E-state index in [1.807, 2.05) is 0 Å². The van der Waals surface area contributed by atoms with Crippen LogP contribution in [-0.2, 0) is 0 Å². The molecule has 3 heteroatoms. The van der Waals surface area contributed by atoms with Crippen molar-refractivity contribution in [3.05, 3.63) is 30.3 Å². The van der Waals surface area contributed by atoms with Gasteiger partial charge in [0.25, 0.3) is 0 Å². The number of hydrogen-bond acceptors (Lipinski definition) is 1. The van der Waals surface area contributed by atoms with E-state index in [2.05, 4.69) is 56.3 Å². The van der Waals surface area contributed by atoms with Crippen molar-refractivity contribution in [1.29, 1.82) is 0 Å². The predicted molar refractivity (Wildman–Crippen MR) is 67.0 cm³/mol. The first-order valence-electron chi connectivity index (χ1n) is 4.82. The highest BCUT2D eigenvalue weighted by Crippen LogP contribution is 2.14. The molecule has 1 aromatic rings. The van der Waals surface area contributed by atoms with Crippen molar-refractivity contribution < 1.29 is 0 Å². The summed E-state index contributed by atoms with van der Waals surface area (Å²) in [5, 5.41) is 0. The molecular formula is C10H13BIN. The summed E-state index contributed by atoms with van der Waals surface area (Å²) in [6.45, 7) is 3.27. The first-order valence-corrected chi connectivity index (χ1v) is 5.78. The van der Waals surface area contributed by atoms with Crippen LogP contribution in [-0.4, -0.2) is 22.9 Å². The summed E-state index contributed by atoms with van der Waals surface area (Å²) >= 11 is 2.42. The van der Waals surface area contributed by atoms with Gasteiger partial charge in [-0.25, -0.2) is 3.11 Å². The largest absolute Gasteiger partial charge is 0.249 e. The van der Waals surface area contributed by atoms with Crippen molar-refractivity contribution in [3.8, 4) is 0 Å². The molecule has 2 rings (SSSR count). The first-order chi connectivity index (χ1) is 6.36. The van der Waals surface area contributed by atoms with Crippen LogP contribution in [0.5, 0.6) is 0 Å². The van der Waals surface area contributed by atoms with Crippen molar-refractivity contribution in [1.82, 2.24) is 3.11 Å². The summed E-state index contributed by atoms with van der Waals surface area (Å²) in [5.74, 6) is 0. The Bertz CT molecular complexity index is 257. The molecule has 1 nitrogen and oxygen atoms in total. The van der Waals surface area contributed by atoms with E-state index in [0.717, 1.165) is 6.71 Å². The monoisotopic (exact) mass is 285 g/mol. The van der Waals surface area contributed by atoms with Gasteiger partial charge in [0.2, 0.25) is 0 Å². The van der Waals surface area contributed by atoms with Gasteiger partial charge in [0.05, 0.1) is 0 Å². The minimum absolute atomic E-state index is 0.798. The maximum Gasteiger partial charge on any atom is 0.178 e. The highest BCUT2D eigenvalue weighted by atomic mass is 127. The van der Waals surface area contributed by atoms with Crippen LogP contribution in [0.1, 0.15) is 0 Å². The SMILES string of the molecule is IN1CCB(c2ccccc2)CC1. The van der Waals surface area contributed by atoms with Crippen LogP contribution in [0.2, 0.25) is 12.6 Å². The summed E-state index contributed by atoms with van der Waals surface area (Å²) in [6.07, 6.45) is 2.62. The second-order valence-corrected chi connectivity index (χ2v) is 4.96. The zero-order chi connectivity index (χ0) is 9.10. The highest BCUT2D eigenvalue weighted by molar-refractivity contribution is 14.1. The Morgan fingerprint density at radius 3 is 2.31 bits per heavy atom. The predicted octanol–water partition coefficient (Wildman–Crippen LogP) is 2.05. The van der Waals surface area contributed by atoms with Crippen LogP contribution >= 0.6 is 22.9 Å². The number of rotatable bonds is 1. The molecule has 68 valence electrons. The van der Waals surface area contributed by atoms with E-state index < -0.39 is 0 Å². The van der Waals surface area contributed by atoms with Gasteiger partial charge in [-0.05, 0) is 0 Å². The Hall–Kier alpha value is -0.0251. The quantitative estimate of drug-likeness (QED) is 0.433. The van der Waals surface area contributed by atoms with Crippen molar-refractivity contribution in [2.75, 3.05) is 13.1 Å². The molecule has 0 aliphatic carbocycles. The smallest absolute Gasteiger partial charge is 0.178 e. The molecule has 1 aliphatic rings. The average Bonchev–Trinajstić information content (AvgIpc) is 2.20. The lowest BCUT2D eigenvalue weighted by Gasteiger charge is -2.25. The molecule has 0 N–H and O–H groups in total. The highest BCUT2D eigenvalue weighted by Gasteiger charge is 2.21. The molecule has 0 amide bonds. The molecule has 0 aromatic heterocycles. The van der Waals surface area contributed by atoms with E-state index in [0.29, 0.717) is 0 Å². The number of nitrogens with zero attached hydrogens (tertiary/aromatic N) is 1. The van der Waals surface area contributed by atoms with Crippen LogP contribution < -0.4 is 5.46 Å². The Balaban J connectivity index is 2.03. The Labute approximate surface area is 94.1 Å². The first kappa shape index (κ1) is 9.53. The fraction of sp³-hybridized carbons (Fsp3) is 0.400. The fourth-order valence-corrected chi connectivity index (χ4v) is 2.46. The summed E-state index contributed by atoms with van der Waals surface area (Å²) < 4.78 is 2.39. The molecule has 0 atom stereocenters. The lowest BCUT2D eigenvalue weighted by atomic mass is 9.40. The molecule has 0 unspecified atom stereocenters. The Kier molecular flexibility index (Phi) is 3.27. The van der Waals surface area contributed by atoms with Gasteiger partial charge < -0.3 is 0 Å². The Morgan fingerprint density at radius 1 is 1.08 bits per heavy atom. The lowest BCUT2D eigenvalue weighted by molar-refractivity contribution is 0.543. The summed E-state index contributed by atoms with van der Waals surface area (Å²) in [7, 11) is 0. The molecular weight excluding hydrogens is 272 g/mol. The van der Waals surface area contributed by atoms with E-state index >= 15 is 0 Å². The van der Waals surface area contributed by atoms with Gasteiger partial charge in [0.1, 0.15) is 0 Å². The molecule has 0 radical (unpaired) electrons. The van der Waals surface area contributed by atoms with Gasteiger partial charge in [0.15, 0.2) is 6.71 Å². The van der Waals surface area contributed by atoms with Crippen LogP contribution in [0.3, 0.4) is 0 Å². The Morgan fingerprint density at radius 2 is 1.69 bits per heavy atom. The minimum Gasteiger partial charge on any atom is -0.249 e. The van der Waals surface area contributed by atoms with Crippen molar-refractivity contribution in [2.45, 2.75) is 12.6 Å². The normalized spacial score (nSPS) is 19.0. The number of hydrogen-bond donors (Lipinski definition) is 0. The van der Waals surface area contributed by atoms with Gasteiger partial charge in [-0.1, -0.05) is 48.4 Å². The van der Waals surface area contributed by atoms with Gasteiger partial charge >= 0.3 is 0 Å². The maximum atomic E-state index is 2.42. The summed E-state index contributed by atoms with van der Waals surface area (Å²) in [5.41, 5.74) is 1.52. The van der Waals surface area contributed by atoms with Crippen molar-refractivity contribution >= 4 is 35.0 Å².